The largest absolute Gasteiger partial charge is 0.444 e. The summed E-state index contributed by atoms with van der Waals surface area (Å²) in [5.74, 6) is 5.98. The molecule has 15 nitrogen and oxygen atoms in total. The molecule has 0 aromatic carbocycles. The van der Waals surface area contributed by atoms with E-state index in [-0.39, 0.29) is 47.1 Å². The Morgan fingerprint density at radius 1 is 1.20 bits per heavy atom. The van der Waals surface area contributed by atoms with E-state index in [1.807, 2.05) is 0 Å². The number of anilines is 1. The van der Waals surface area contributed by atoms with Crippen LogP contribution >= 0.6 is 0 Å². The molecule has 5 heterocycles. The van der Waals surface area contributed by atoms with Gasteiger partial charge in [0.25, 0.3) is 5.91 Å². The lowest BCUT2D eigenvalue weighted by atomic mass is 9.94. The molecule has 218 valence electrons. The normalized spacial score (nSPS) is 28.3. The van der Waals surface area contributed by atoms with Crippen LogP contribution in [0, 0.1) is 17.8 Å². The van der Waals surface area contributed by atoms with Crippen molar-refractivity contribution in [2.45, 2.75) is 75.2 Å². The van der Waals surface area contributed by atoms with Gasteiger partial charge in [-0.1, -0.05) is 5.92 Å². The van der Waals surface area contributed by atoms with E-state index in [0.717, 1.165) is 25.7 Å². The summed E-state index contributed by atoms with van der Waals surface area (Å²) >= 11 is 0. The van der Waals surface area contributed by atoms with E-state index in [1.165, 1.54) is 10.9 Å². The van der Waals surface area contributed by atoms with Gasteiger partial charge in [0, 0.05) is 25.6 Å². The SMILES string of the molecule is Nc1nc(C#CCC2CCN(C(=O)OC3CNC(=O)C3)CC2)nc2c1ncn2[C@@H]1O[C@H](C(=O)NC2CC2)[C@@H](O)[C@H]1O. The second kappa shape index (κ2) is 11.1. The number of amides is 3. The Bertz CT molecular complexity index is 1410. The van der Waals surface area contributed by atoms with Crippen molar-refractivity contribution >= 4 is 34.9 Å². The first-order valence-electron chi connectivity index (χ1n) is 13.8. The molecule has 5 atom stereocenters. The highest BCUT2D eigenvalue weighted by molar-refractivity contribution is 5.83. The zero-order valence-electron chi connectivity index (χ0n) is 22.2. The second-order valence-corrected chi connectivity index (χ2v) is 10.9. The fraction of sp³-hybridized carbons (Fsp3) is 0.615. The highest BCUT2D eigenvalue weighted by Gasteiger charge is 2.48. The summed E-state index contributed by atoms with van der Waals surface area (Å²) < 4.78 is 12.6. The number of carbonyl (C=O) groups is 3. The van der Waals surface area contributed by atoms with Crippen molar-refractivity contribution in [2.75, 3.05) is 25.4 Å². The number of nitrogens with two attached hydrogens (primary N) is 1. The van der Waals surface area contributed by atoms with Crippen LogP contribution in [0.3, 0.4) is 0 Å². The van der Waals surface area contributed by atoms with Crippen LogP contribution in [0.15, 0.2) is 6.33 Å². The van der Waals surface area contributed by atoms with Gasteiger partial charge in [-0.05, 0) is 37.5 Å². The van der Waals surface area contributed by atoms with E-state index in [2.05, 4.69) is 37.4 Å². The smallest absolute Gasteiger partial charge is 0.410 e. The molecule has 1 saturated carbocycles. The molecule has 1 unspecified atom stereocenters. The van der Waals surface area contributed by atoms with Crippen LogP contribution in [0.2, 0.25) is 0 Å². The van der Waals surface area contributed by atoms with E-state index in [9.17, 15) is 24.6 Å². The average molecular weight is 569 g/mol. The Morgan fingerprint density at radius 2 is 1.98 bits per heavy atom. The second-order valence-electron chi connectivity index (χ2n) is 10.9. The first-order chi connectivity index (χ1) is 19.8. The number of carbonyl (C=O) groups excluding carboxylic acids is 3. The van der Waals surface area contributed by atoms with Gasteiger partial charge < -0.3 is 41.0 Å². The lowest BCUT2D eigenvalue weighted by Gasteiger charge is -2.31. The molecule has 41 heavy (non-hydrogen) atoms. The lowest BCUT2D eigenvalue weighted by Crippen LogP contribution is -2.43. The standard InChI is InChI=1S/C26H32N8O7/c27-22-18-23(34(12-29-18)25-20(37)19(36)21(41-25)24(38)30-14-4-5-14)32-16(31-22)3-1-2-13-6-8-33(9-7-13)26(39)40-15-10-17(35)28-11-15/h12-15,19-21,25,36-37H,2,4-11H2,(H,28,35)(H,30,38)(H2,27,31,32)/t15?,19-,20+,21-,25+/m0/s1. The molecule has 3 saturated heterocycles. The number of nitrogens with one attached hydrogen (secondary N) is 2. The van der Waals surface area contributed by atoms with Crippen LogP contribution in [-0.4, -0.2) is 103 Å². The summed E-state index contributed by atoms with van der Waals surface area (Å²) in [5, 5.41) is 26.6. The van der Waals surface area contributed by atoms with Crippen molar-refractivity contribution in [3.8, 4) is 11.8 Å². The topological polar surface area (TPSA) is 207 Å². The summed E-state index contributed by atoms with van der Waals surface area (Å²) in [5.41, 5.74) is 6.65. The van der Waals surface area contributed by atoms with Crippen molar-refractivity contribution < 1.29 is 34.1 Å². The molecular weight excluding hydrogens is 536 g/mol. The molecule has 1 aliphatic carbocycles. The third-order valence-corrected chi connectivity index (χ3v) is 7.81. The fourth-order valence-corrected chi connectivity index (χ4v) is 5.27. The first-order valence-corrected chi connectivity index (χ1v) is 13.8. The van der Waals surface area contributed by atoms with E-state index < -0.39 is 42.6 Å². The van der Waals surface area contributed by atoms with Crippen LogP contribution in [0.5, 0.6) is 0 Å². The Kier molecular flexibility index (Phi) is 7.37. The number of hydrogen-bond donors (Lipinski definition) is 5. The van der Waals surface area contributed by atoms with Gasteiger partial charge in [0.15, 0.2) is 23.8 Å². The van der Waals surface area contributed by atoms with E-state index in [1.54, 1.807) is 4.90 Å². The van der Waals surface area contributed by atoms with Gasteiger partial charge in [0.05, 0.1) is 19.3 Å². The summed E-state index contributed by atoms with van der Waals surface area (Å²) in [6.45, 7) is 1.44. The molecule has 0 bridgehead atoms. The number of rotatable bonds is 5. The molecule has 2 aromatic heterocycles. The van der Waals surface area contributed by atoms with Gasteiger partial charge in [-0.3, -0.25) is 14.2 Å². The molecule has 0 spiro atoms. The van der Waals surface area contributed by atoms with Crippen LogP contribution in [0.1, 0.15) is 50.6 Å². The Morgan fingerprint density at radius 3 is 2.68 bits per heavy atom. The number of imidazole rings is 1. The van der Waals surface area contributed by atoms with Crippen molar-refractivity contribution in [1.82, 2.24) is 35.1 Å². The number of aliphatic hydroxyl groups is 2. The minimum Gasteiger partial charge on any atom is -0.444 e. The van der Waals surface area contributed by atoms with Gasteiger partial charge in [-0.2, -0.15) is 0 Å². The predicted molar refractivity (Wildman–Crippen MR) is 141 cm³/mol. The third kappa shape index (κ3) is 5.76. The zero-order chi connectivity index (χ0) is 28.7. The molecule has 2 aromatic rings. The molecule has 6 rings (SSSR count). The quantitative estimate of drug-likeness (QED) is 0.270. The maximum absolute atomic E-state index is 12.5. The average Bonchev–Trinajstić information content (AvgIpc) is 3.38. The number of aliphatic hydroxyl groups excluding tert-OH is 2. The highest BCUT2D eigenvalue weighted by atomic mass is 16.6. The van der Waals surface area contributed by atoms with Gasteiger partial charge in [0.1, 0.15) is 23.8 Å². The molecule has 15 heteroatoms. The number of likely N-dealkylation sites (tertiary alicyclic amines) is 1. The Labute approximate surface area is 234 Å². The highest BCUT2D eigenvalue weighted by Crippen LogP contribution is 2.33. The van der Waals surface area contributed by atoms with Crippen LogP contribution < -0.4 is 16.4 Å². The molecule has 6 N–H and O–H groups in total. The number of hydrogen-bond acceptors (Lipinski definition) is 11. The number of nitrogens with zero attached hydrogens (tertiary/aromatic N) is 5. The van der Waals surface area contributed by atoms with E-state index in [4.69, 9.17) is 15.2 Å². The monoisotopic (exact) mass is 568 g/mol. The van der Waals surface area contributed by atoms with Crippen molar-refractivity contribution in [3.05, 3.63) is 12.2 Å². The van der Waals surface area contributed by atoms with Gasteiger partial charge >= 0.3 is 6.09 Å². The molecule has 3 aliphatic heterocycles. The van der Waals surface area contributed by atoms with E-state index >= 15 is 0 Å². The number of ether oxygens (including phenoxy) is 2. The minimum atomic E-state index is -1.42. The summed E-state index contributed by atoms with van der Waals surface area (Å²) in [7, 11) is 0. The van der Waals surface area contributed by atoms with Crippen molar-refractivity contribution in [2.24, 2.45) is 5.92 Å². The molecule has 4 aliphatic rings. The first kappa shape index (κ1) is 27.2. The third-order valence-electron chi connectivity index (χ3n) is 7.81. The maximum atomic E-state index is 12.5. The van der Waals surface area contributed by atoms with Crippen molar-refractivity contribution in [3.63, 3.8) is 0 Å². The fourth-order valence-electron chi connectivity index (χ4n) is 5.27. The molecule has 4 fully saturated rings. The minimum absolute atomic E-state index is 0.0775. The lowest BCUT2D eigenvalue weighted by molar-refractivity contribution is -0.137. The molecule has 0 radical (unpaired) electrons. The number of nitrogen functional groups attached to an aromatic ring is 1. The van der Waals surface area contributed by atoms with Gasteiger partial charge in [0.2, 0.25) is 11.7 Å². The van der Waals surface area contributed by atoms with Crippen molar-refractivity contribution in [1.29, 1.82) is 0 Å². The zero-order valence-corrected chi connectivity index (χ0v) is 22.2. The summed E-state index contributed by atoms with van der Waals surface area (Å²) in [6, 6.07) is 0.0775. The predicted octanol–water partition coefficient (Wildman–Crippen LogP) is -1.21. The van der Waals surface area contributed by atoms with Gasteiger partial charge in [-0.25, -0.2) is 19.7 Å². The van der Waals surface area contributed by atoms with E-state index in [0.29, 0.717) is 26.1 Å². The maximum Gasteiger partial charge on any atom is 0.410 e. The Hall–Kier alpha value is -4.00. The van der Waals surface area contributed by atoms with Crippen LogP contribution in [0.4, 0.5) is 10.6 Å². The molecule has 3 amide bonds. The van der Waals surface area contributed by atoms with Crippen LogP contribution in [0.25, 0.3) is 11.2 Å². The number of piperidine rings is 1. The molecular formula is C26H32N8O7. The number of fused-ring (bicyclic) bond motifs is 1. The van der Waals surface area contributed by atoms with Gasteiger partial charge in [-0.15, -0.1) is 0 Å². The summed E-state index contributed by atoms with van der Waals surface area (Å²) in [4.78, 5) is 50.8. The van der Waals surface area contributed by atoms with Crippen LogP contribution in [-0.2, 0) is 19.1 Å². The summed E-state index contributed by atoms with van der Waals surface area (Å²) in [6.07, 6.45) is -0.564. The Balaban J connectivity index is 1.08. The number of aromatic nitrogens is 4.